The summed E-state index contributed by atoms with van der Waals surface area (Å²) in [5, 5.41) is 1.30. The van der Waals surface area contributed by atoms with Crippen LogP contribution in [0.1, 0.15) is 18.2 Å². The van der Waals surface area contributed by atoms with Crippen molar-refractivity contribution < 1.29 is 0 Å². The topological polar surface area (TPSA) is 22.8 Å². The number of rotatable bonds is 3. The summed E-state index contributed by atoms with van der Waals surface area (Å²) in [6.45, 7) is 6.11. The second-order valence-electron chi connectivity index (χ2n) is 4.68. The summed E-state index contributed by atoms with van der Waals surface area (Å²) in [6, 6.07) is 8.76. The third kappa shape index (κ3) is 1.82. The molecular weight excluding hydrogens is 222 g/mol. The number of nitrogens with zero attached hydrogens (tertiary/aromatic N) is 3. The van der Waals surface area contributed by atoms with Gasteiger partial charge in [-0.2, -0.15) is 0 Å². The molecule has 0 aliphatic rings. The van der Waals surface area contributed by atoms with Gasteiger partial charge in [0.15, 0.2) is 0 Å². The highest BCUT2D eigenvalue weighted by atomic mass is 15.1. The molecule has 0 fully saturated rings. The van der Waals surface area contributed by atoms with Crippen molar-refractivity contribution in [2.75, 3.05) is 0 Å². The third-order valence-corrected chi connectivity index (χ3v) is 3.40. The molecule has 3 rings (SSSR count). The maximum atomic E-state index is 4.22. The Labute approximate surface area is 107 Å². The summed E-state index contributed by atoms with van der Waals surface area (Å²) in [7, 11) is 0. The Kier molecular flexibility index (Phi) is 2.67. The van der Waals surface area contributed by atoms with Gasteiger partial charge in [0.25, 0.3) is 0 Å². The lowest BCUT2D eigenvalue weighted by Gasteiger charge is -2.08. The zero-order valence-electron chi connectivity index (χ0n) is 10.8. The van der Waals surface area contributed by atoms with Gasteiger partial charge in [-0.3, -0.25) is 0 Å². The van der Waals surface area contributed by atoms with Gasteiger partial charge in [-0.15, -0.1) is 0 Å². The van der Waals surface area contributed by atoms with Crippen molar-refractivity contribution in [2.24, 2.45) is 0 Å². The van der Waals surface area contributed by atoms with Crippen LogP contribution in [0.25, 0.3) is 10.9 Å². The predicted octanol–water partition coefficient (Wildman–Crippen LogP) is 3.21. The van der Waals surface area contributed by atoms with E-state index < -0.39 is 0 Å². The molecule has 92 valence electrons. The van der Waals surface area contributed by atoms with Crippen molar-refractivity contribution in [3.05, 3.63) is 54.2 Å². The van der Waals surface area contributed by atoms with Crippen LogP contribution < -0.4 is 0 Å². The van der Waals surface area contributed by atoms with Crippen molar-refractivity contribution in [3.8, 4) is 0 Å². The number of aromatic nitrogens is 3. The van der Waals surface area contributed by atoms with E-state index in [1.165, 1.54) is 22.2 Å². The van der Waals surface area contributed by atoms with E-state index in [0.717, 1.165) is 13.1 Å². The number of benzene rings is 1. The molecule has 3 nitrogen and oxygen atoms in total. The van der Waals surface area contributed by atoms with Gasteiger partial charge in [-0.1, -0.05) is 11.6 Å². The number of hydrogen-bond acceptors (Lipinski definition) is 1. The molecule has 0 amide bonds. The van der Waals surface area contributed by atoms with Gasteiger partial charge >= 0.3 is 0 Å². The van der Waals surface area contributed by atoms with Crippen molar-refractivity contribution in [1.29, 1.82) is 0 Å². The molecule has 0 atom stereocenters. The molecule has 0 aliphatic carbocycles. The van der Waals surface area contributed by atoms with Gasteiger partial charge in [-0.05, 0) is 37.4 Å². The Balaban J connectivity index is 2.00. The second-order valence-corrected chi connectivity index (χ2v) is 4.68. The fraction of sp³-hybridized carbons (Fsp3) is 0.267. The van der Waals surface area contributed by atoms with Crippen LogP contribution in [0.15, 0.2) is 43.0 Å². The molecule has 0 saturated carbocycles. The lowest BCUT2D eigenvalue weighted by atomic mass is 10.2. The van der Waals surface area contributed by atoms with Gasteiger partial charge < -0.3 is 9.13 Å². The summed E-state index contributed by atoms with van der Waals surface area (Å²) < 4.78 is 4.46. The largest absolute Gasteiger partial charge is 0.341 e. The molecule has 2 heterocycles. The molecule has 0 aliphatic heterocycles. The lowest BCUT2D eigenvalue weighted by Crippen LogP contribution is -2.04. The average molecular weight is 239 g/mol. The second kappa shape index (κ2) is 4.33. The highest BCUT2D eigenvalue weighted by Gasteiger charge is 2.05. The molecule has 0 spiro atoms. The van der Waals surface area contributed by atoms with E-state index in [0.29, 0.717) is 0 Å². The molecule has 18 heavy (non-hydrogen) atoms. The molecule has 0 bridgehead atoms. The highest BCUT2D eigenvalue weighted by Crippen LogP contribution is 2.18. The molecule has 0 unspecified atom stereocenters. The van der Waals surface area contributed by atoms with Crippen LogP contribution in [-0.2, 0) is 13.1 Å². The monoisotopic (exact) mass is 239 g/mol. The van der Waals surface area contributed by atoms with Gasteiger partial charge in [0.2, 0.25) is 0 Å². The number of aryl methyl sites for hydroxylation is 2. The third-order valence-electron chi connectivity index (χ3n) is 3.40. The smallest absolute Gasteiger partial charge is 0.0948 e. The van der Waals surface area contributed by atoms with E-state index in [1.807, 2.05) is 12.5 Å². The van der Waals surface area contributed by atoms with Crippen LogP contribution in [0.5, 0.6) is 0 Å². The Morgan fingerprint density at radius 3 is 2.89 bits per heavy atom. The van der Waals surface area contributed by atoms with Crippen molar-refractivity contribution in [2.45, 2.75) is 26.9 Å². The summed E-state index contributed by atoms with van der Waals surface area (Å²) in [5.74, 6) is 0. The summed E-state index contributed by atoms with van der Waals surface area (Å²) in [5.41, 5.74) is 3.83. The molecule has 0 saturated heterocycles. The zero-order chi connectivity index (χ0) is 12.5. The van der Waals surface area contributed by atoms with E-state index in [-0.39, 0.29) is 0 Å². The Morgan fingerprint density at radius 2 is 2.06 bits per heavy atom. The fourth-order valence-corrected chi connectivity index (χ4v) is 2.40. The molecule has 0 N–H and O–H groups in total. The van der Waals surface area contributed by atoms with Crippen molar-refractivity contribution in [3.63, 3.8) is 0 Å². The molecular formula is C15H17N3. The van der Waals surface area contributed by atoms with Crippen LogP contribution >= 0.6 is 0 Å². The summed E-state index contributed by atoms with van der Waals surface area (Å²) in [6.07, 6.45) is 5.99. The maximum Gasteiger partial charge on any atom is 0.0948 e. The normalized spacial score (nSPS) is 11.2. The number of hydrogen-bond donors (Lipinski definition) is 0. The first-order chi connectivity index (χ1) is 8.78. The maximum absolute atomic E-state index is 4.22. The standard InChI is InChI=1S/C15H17N3/c1-3-17-11-16-9-14(17)10-18-7-6-13-8-12(2)4-5-15(13)18/h4-9,11H,3,10H2,1-2H3. The van der Waals surface area contributed by atoms with Crippen molar-refractivity contribution >= 4 is 10.9 Å². The lowest BCUT2D eigenvalue weighted by molar-refractivity contribution is 0.679. The minimum atomic E-state index is 0.875. The number of imidazole rings is 1. The van der Waals surface area contributed by atoms with E-state index in [4.69, 9.17) is 0 Å². The Bertz CT molecular complexity index is 676. The van der Waals surface area contributed by atoms with Gasteiger partial charge in [0, 0.05) is 24.5 Å². The molecule has 2 aromatic heterocycles. The first-order valence-corrected chi connectivity index (χ1v) is 6.32. The molecule has 1 aromatic carbocycles. The first kappa shape index (κ1) is 11.1. The van der Waals surface area contributed by atoms with Gasteiger partial charge in [0.1, 0.15) is 0 Å². The molecule has 3 aromatic rings. The first-order valence-electron chi connectivity index (χ1n) is 6.32. The summed E-state index contributed by atoms with van der Waals surface area (Å²) >= 11 is 0. The van der Waals surface area contributed by atoms with E-state index >= 15 is 0 Å². The van der Waals surface area contributed by atoms with Crippen LogP contribution in [0.3, 0.4) is 0 Å². The van der Waals surface area contributed by atoms with Crippen molar-refractivity contribution in [1.82, 2.24) is 14.1 Å². The molecule has 3 heteroatoms. The zero-order valence-corrected chi connectivity index (χ0v) is 10.8. The molecule has 0 radical (unpaired) electrons. The number of fused-ring (bicyclic) bond motifs is 1. The van der Waals surface area contributed by atoms with E-state index in [2.05, 4.69) is 58.4 Å². The Hall–Kier alpha value is -2.03. The van der Waals surface area contributed by atoms with Gasteiger partial charge in [-0.25, -0.2) is 4.98 Å². The fourth-order valence-electron chi connectivity index (χ4n) is 2.40. The quantitative estimate of drug-likeness (QED) is 0.688. The van der Waals surface area contributed by atoms with Gasteiger partial charge in [0.05, 0.1) is 18.6 Å². The van der Waals surface area contributed by atoms with Crippen LogP contribution in [-0.4, -0.2) is 14.1 Å². The van der Waals surface area contributed by atoms with Crippen LogP contribution in [0.4, 0.5) is 0 Å². The summed E-state index contributed by atoms with van der Waals surface area (Å²) in [4.78, 5) is 4.22. The Morgan fingerprint density at radius 1 is 1.17 bits per heavy atom. The minimum Gasteiger partial charge on any atom is -0.341 e. The minimum absolute atomic E-state index is 0.875. The SMILES string of the molecule is CCn1cncc1Cn1ccc2cc(C)ccc21. The predicted molar refractivity (Wildman–Crippen MR) is 73.7 cm³/mol. The van der Waals surface area contributed by atoms with Crippen LogP contribution in [0, 0.1) is 6.92 Å². The van der Waals surface area contributed by atoms with E-state index in [9.17, 15) is 0 Å². The highest BCUT2D eigenvalue weighted by molar-refractivity contribution is 5.80. The average Bonchev–Trinajstić information content (AvgIpc) is 2.96. The van der Waals surface area contributed by atoms with E-state index in [1.54, 1.807) is 0 Å². The van der Waals surface area contributed by atoms with Crippen LogP contribution in [0.2, 0.25) is 0 Å².